The van der Waals surface area contributed by atoms with Crippen LogP contribution in [0.1, 0.15) is 62.7 Å². The zero-order valence-corrected chi connectivity index (χ0v) is 16.0. The van der Waals surface area contributed by atoms with Gasteiger partial charge in [-0.15, -0.1) is 0 Å². The van der Waals surface area contributed by atoms with E-state index in [-0.39, 0.29) is 16.9 Å². The Kier molecular flexibility index (Phi) is 9.93. The second-order valence-electron chi connectivity index (χ2n) is 5.79. The number of amides is 3. The van der Waals surface area contributed by atoms with E-state index in [0.29, 0.717) is 24.1 Å². The number of nitrogens with one attached hydrogen (secondary N) is 4. The van der Waals surface area contributed by atoms with Crippen molar-refractivity contribution in [3.8, 4) is 0 Å². The van der Waals surface area contributed by atoms with Crippen LogP contribution in [-0.2, 0) is 9.59 Å². The van der Waals surface area contributed by atoms with E-state index in [0.717, 1.165) is 25.7 Å². The summed E-state index contributed by atoms with van der Waals surface area (Å²) in [6.45, 7) is 3.99. The second-order valence-corrected chi connectivity index (χ2v) is 6.20. The van der Waals surface area contributed by atoms with Crippen LogP contribution in [0, 0.1) is 0 Å². The van der Waals surface area contributed by atoms with Crippen molar-refractivity contribution in [3.63, 3.8) is 0 Å². The van der Waals surface area contributed by atoms with Crippen molar-refractivity contribution in [3.05, 3.63) is 29.8 Å². The maximum Gasteiger partial charge on any atom is 0.269 e. The lowest BCUT2D eigenvalue weighted by atomic mass is 10.2. The first-order chi connectivity index (χ1) is 12.5. The van der Waals surface area contributed by atoms with E-state index in [1.54, 1.807) is 24.3 Å². The van der Waals surface area contributed by atoms with Gasteiger partial charge in [0.2, 0.25) is 11.8 Å². The van der Waals surface area contributed by atoms with Crippen LogP contribution >= 0.6 is 12.2 Å². The zero-order chi connectivity index (χ0) is 19.4. The Hall–Kier alpha value is -2.48. The third-order valence-corrected chi connectivity index (χ3v) is 3.66. The molecule has 142 valence electrons. The molecular weight excluding hydrogens is 352 g/mol. The quantitative estimate of drug-likeness (QED) is 0.317. The number of benzene rings is 1. The molecule has 26 heavy (non-hydrogen) atoms. The van der Waals surface area contributed by atoms with Crippen LogP contribution in [0.4, 0.5) is 5.69 Å². The van der Waals surface area contributed by atoms with Crippen LogP contribution in [0.3, 0.4) is 0 Å². The summed E-state index contributed by atoms with van der Waals surface area (Å²) in [5.41, 5.74) is 5.94. The fraction of sp³-hybridized carbons (Fsp3) is 0.444. The Bertz CT molecular complexity index is 632. The number of thiocarbonyl (C=S) groups is 1. The van der Waals surface area contributed by atoms with Gasteiger partial charge in [0.15, 0.2) is 5.11 Å². The Morgan fingerprint density at radius 3 is 2.19 bits per heavy atom. The van der Waals surface area contributed by atoms with Gasteiger partial charge in [-0.2, -0.15) is 0 Å². The van der Waals surface area contributed by atoms with Gasteiger partial charge in [0.1, 0.15) is 0 Å². The first-order valence-electron chi connectivity index (χ1n) is 8.76. The van der Waals surface area contributed by atoms with Gasteiger partial charge in [-0.3, -0.25) is 25.2 Å². The first kappa shape index (κ1) is 21.6. The first-order valence-corrected chi connectivity index (χ1v) is 9.17. The Morgan fingerprint density at radius 2 is 1.58 bits per heavy atom. The number of hydrazine groups is 1. The van der Waals surface area contributed by atoms with Crippen molar-refractivity contribution in [2.45, 2.75) is 52.4 Å². The lowest BCUT2D eigenvalue weighted by molar-refractivity contribution is -0.120. The molecule has 0 saturated heterocycles. The highest BCUT2D eigenvalue weighted by Gasteiger charge is 2.08. The van der Waals surface area contributed by atoms with Gasteiger partial charge in [0.25, 0.3) is 5.91 Å². The molecule has 0 aliphatic carbocycles. The monoisotopic (exact) mass is 378 g/mol. The molecule has 4 N–H and O–H groups in total. The molecule has 0 atom stereocenters. The van der Waals surface area contributed by atoms with Crippen molar-refractivity contribution in [1.82, 2.24) is 16.2 Å². The Labute approximate surface area is 159 Å². The molecule has 0 radical (unpaired) electrons. The molecule has 0 spiro atoms. The number of carbonyl (C=O) groups excluding carboxylic acids is 3. The molecule has 8 heteroatoms. The molecule has 1 aromatic carbocycles. The van der Waals surface area contributed by atoms with E-state index in [1.165, 1.54) is 0 Å². The molecule has 0 aliphatic heterocycles. The van der Waals surface area contributed by atoms with Gasteiger partial charge in [-0.25, -0.2) is 0 Å². The molecule has 0 unspecified atom stereocenters. The minimum Gasteiger partial charge on any atom is -0.326 e. The summed E-state index contributed by atoms with van der Waals surface area (Å²) in [5.74, 6) is -0.650. The minimum atomic E-state index is -0.404. The van der Waals surface area contributed by atoms with E-state index in [2.05, 4.69) is 28.4 Å². The van der Waals surface area contributed by atoms with E-state index < -0.39 is 5.91 Å². The molecule has 3 amide bonds. The van der Waals surface area contributed by atoms with Crippen molar-refractivity contribution >= 4 is 40.7 Å². The fourth-order valence-corrected chi connectivity index (χ4v) is 2.26. The van der Waals surface area contributed by atoms with Gasteiger partial charge in [0, 0.05) is 24.1 Å². The highest BCUT2D eigenvalue weighted by Crippen LogP contribution is 2.10. The minimum absolute atomic E-state index is 0.0447. The van der Waals surface area contributed by atoms with Crippen molar-refractivity contribution in [2.75, 3.05) is 5.32 Å². The zero-order valence-electron chi connectivity index (χ0n) is 15.2. The maximum absolute atomic E-state index is 12.0. The SMILES string of the molecule is CCCCCC(=O)NC(=S)NNC(=O)c1ccc(NC(=O)CCC)cc1. The Morgan fingerprint density at radius 1 is 0.885 bits per heavy atom. The lowest BCUT2D eigenvalue weighted by Gasteiger charge is -2.11. The third kappa shape index (κ3) is 8.57. The standard InChI is InChI=1S/C18H26N4O3S/c1-3-5-6-8-16(24)20-18(26)22-21-17(25)13-9-11-14(12-10-13)19-15(23)7-4-2/h9-12H,3-8H2,1-2H3,(H,19,23)(H,21,25)(H2,20,22,24,26). The largest absolute Gasteiger partial charge is 0.326 e. The lowest BCUT2D eigenvalue weighted by Crippen LogP contribution is -2.48. The summed E-state index contributed by atoms with van der Waals surface area (Å²) in [6.07, 6.45) is 4.44. The third-order valence-electron chi connectivity index (χ3n) is 3.46. The van der Waals surface area contributed by atoms with E-state index in [9.17, 15) is 14.4 Å². The van der Waals surface area contributed by atoms with Crippen LogP contribution in [-0.4, -0.2) is 22.8 Å². The Balaban J connectivity index is 2.39. The molecule has 1 rings (SSSR count). The number of unbranched alkanes of at least 4 members (excludes halogenated alkanes) is 2. The topological polar surface area (TPSA) is 99.3 Å². The molecule has 1 aromatic rings. The van der Waals surface area contributed by atoms with Gasteiger partial charge >= 0.3 is 0 Å². The van der Waals surface area contributed by atoms with Crippen LogP contribution in [0.25, 0.3) is 0 Å². The van der Waals surface area contributed by atoms with Crippen LogP contribution in [0.15, 0.2) is 24.3 Å². The van der Waals surface area contributed by atoms with Crippen molar-refractivity contribution < 1.29 is 14.4 Å². The van der Waals surface area contributed by atoms with E-state index in [1.807, 2.05) is 6.92 Å². The smallest absolute Gasteiger partial charge is 0.269 e. The van der Waals surface area contributed by atoms with Crippen LogP contribution < -0.4 is 21.5 Å². The molecule has 0 saturated carbocycles. The van der Waals surface area contributed by atoms with Gasteiger partial charge in [-0.1, -0.05) is 26.7 Å². The summed E-state index contributed by atoms with van der Waals surface area (Å²) in [6, 6.07) is 6.47. The number of rotatable bonds is 8. The molecular formula is C18H26N4O3S. The normalized spacial score (nSPS) is 9.92. The van der Waals surface area contributed by atoms with Gasteiger partial charge < -0.3 is 10.6 Å². The second kappa shape index (κ2) is 12.0. The predicted octanol–water partition coefficient (Wildman–Crippen LogP) is 2.64. The summed E-state index contributed by atoms with van der Waals surface area (Å²) in [7, 11) is 0. The van der Waals surface area contributed by atoms with Crippen molar-refractivity contribution in [1.29, 1.82) is 0 Å². The predicted molar refractivity (Wildman–Crippen MR) is 105 cm³/mol. The van der Waals surface area contributed by atoms with Crippen LogP contribution in [0.5, 0.6) is 0 Å². The summed E-state index contributed by atoms with van der Waals surface area (Å²) >= 11 is 4.97. The number of anilines is 1. The van der Waals surface area contributed by atoms with Crippen molar-refractivity contribution in [2.24, 2.45) is 0 Å². The van der Waals surface area contributed by atoms with E-state index >= 15 is 0 Å². The number of hydrogen-bond donors (Lipinski definition) is 4. The van der Waals surface area contributed by atoms with E-state index in [4.69, 9.17) is 12.2 Å². The summed E-state index contributed by atoms with van der Waals surface area (Å²) < 4.78 is 0. The highest BCUT2D eigenvalue weighted by molar-refractivity contribution is 7.80. The molecule has 0 aromatic heterocycles. The van der Waals surface area contributed by atoms with Crippen LogP contribution in [0.2, 0.25) is 0 Å². The number of carbonyl (C=O) groups is 3. The molecule has 0 fully saturated rings. The summed E-state index contributed by atoms with van der Waals surface area (Å²) in [5, 5.41) is 5.30. The molecule has 0 bridgehead atoms. The number of hydrogen-bond acceptors (Lipinski definition) is 4. The molecule has 0 aliphatic rings. The fourth-order valence-electron chi connectivity index (χ4n) is 2.10. The van der Waals surface area contributed by atoms with Gasteiger partial charge in [0.05, 0.1) is 0 Å². The maximum atomic E-state index is 12.0. The summed E-state index contributed by atoms with van der Waals surface area (Å²) in [4.78, 5) is 35.2. The average Bonchev–Trinajstić information content (AvgIpc) is 2.60. The molecule has 0 heterocycles. The van der Waals surface area contributed by atoms with Gasteiger partial charge in [-0.05, 0) is 49.3 Å². The highest BCUT2D eigenvalue weighted by atomic mass is 32.1. The average molecular weight is 378 g/mol. The molecule has 7 nitrogen and oxygen atoms in total.